The summed E-state index contributed by atoms with van der Waals surface area (Å²) in [4.78, 5) is 4.84. The monoisotopic (exact) mass is 394 g/mol. The first kappa shape index (κ1) is 20.7. The van der Waals surface area contributed by atoms with E-state index in [0.29, 0.717) is 0 Å². The molecule has 0 bridgehead atoms. The van der Waals surface area contributed by atoms with Crippen LogP contribution in [0, 0.1) is 0 Å². The Morgan fingerprint density at radius 3 is 2.25 bits per heavy atom. The molecule has 0 amide bonds. The summed E-state index contributed by atoms with van der Waals surface area (Å²) in [6.07, 6.45) is 14.9. The van der Waals surface area contributed by atoms with Crippen molar-refractivity contribution >= 4 is 34.8 Å². The van der Waals surface area contributed by atoms with Crippen LogP contribution in [0.1, 0.15) is 69.7 Å². The summed E-state index contributed by atoms with van der Waals surface area (Å²) in [7, 11) is 0. The Labute approximate surface area is 174 Å². The molecule has 2 nitrogen and oxygen atoms in total. The molecule has 0 atom stereocenters. The molecule has 0 radical (unpaired) electrons. The highest BCUT2D eigenvalue weighted by Gasteiger charge is 2.07. The van der Waals surface area contributed by atoms with E-state index in [0.717, 1.165) is 28.5 Å². The van der Waals surface area contributed by atoms with Gasteiger partial charge < -0.3 is 4.57 Å². The van der Waals surface area contributed by atoms with E-state index < -0.39 is 0 Å². The minimum Gasteiger partial charge on any atom is -0.324 e. The number of aryl methyl sites for hydroxylation is 1. The molecule has 1 heterocycles. The average molecular weight is 395 g/mol. The van der Waals surface area contributed by atoms with Gasteiger partial charge in [-0.15, -0.1) is 0 Å². The van der Waals surface area contributed by atoms with Gasteiger partial charge in [0.25, 0.3) is 0 Å². The Bertz CT molecular complexity index is 877. The molecule has 0 aliphatic rings. The molecule has 3 aromatic rings. The molecular weight excluding hydrogens is 364 g/mol. The summed E-state index contributed by atoms with van der Waals surface area (Å²) < 4.78 is 2.36. The predicted molar refractivity (Wildman–Crippen MR) is 123 cm³/mol. The van der Waals surface area contributed by atoms with Crippen LogP contribution in [-0.4, -0.2) is 9.55 Å². The Morgan fingerprint density at radius 1 is 0.821 bits per heavy atom. The molecule has 0 aliphatic carbocycles. The van der Waals surface area contributed by atoms with Gasteiger partial charge >= 0.3 is 0 Å². The first-order valence-electron chi connectivity index (χ1n) is 10.7. The first-order chi connectivity index (χ1) is 13.8. The van der Waals surface area contributed by atoms with Crippen LogP contribution in [-0.2, 0) is 6.54 Å². The minimum atomic E-state index is 0.763. The van der Waals surface area contributed by atoms with Crippen LogP contribution in [0.2, 0.25) is 5.02 Å². The van der Waals surface area contributed by atoms with Crippen molar-refractivity contribution in [2.75, 3.05) is 0 Å². The lowest BCUT2D eigenvalue weighted by molar-refractivity contribution is 0.547. The maximum Gasteiger partial charge on any atom is 0.133 e. The van der Waals surface area contributed by atoms with Crippen molar-refractivity contribution in [3.05, 3.63) is 64.9 Å². The van der Waals surface area contributed by atoms with E-state index in [4.69, 9.17) is 16.6 Å². The van der Waals surface area contributed by atoms with E-state index >= 15 is 0 Å². The third-order valence-electron chi connectivity index (χ3n) is 5.21. The molecule has 0 saturated carbocycles. The van der Waals surface area contributed by atoms with E-state index in [2.05, 4.69) is 47.9 Å². The summed E-state index contributed by atoms with van der Waals surface area (Å²) in [5, 5.41) is 0.763. The Kier molecular flexibility index (Phi) is 8.17. The molecule has 0 unspecified atom stereocenters. The van der Waals surface area contributed by atoms with Crippen molar-refractivity contribution in [1.82, 2.24) is 9.55 Å². The van der Waals surface area contributed by atoms with Gasteiger partial charge in [-0.05, 0) is 42.3 Å². The SMILES string of the molecule is CCCCCCCCCCn1c(/C=C/c2ccc(Cl)cc2)nc2ccccc21. The molecule has 28 heavy (non-hydrogen) atoms. The van der Waals surface area contributed by atoms with Crippen molar-refractivity contribution < 1.29 is 0 Å². The summed E-state index contributed by atoms with van der Waals surface area (Å²) in [5.74, 6) is 1.03. The van der Waals surface area contributed by atoms with Crippen molar-refractivity contribution in [2.45, 2.75) is 64.8 Å². The van der Waals surface area contributed by atoms with Crippen LogP contribution in [0.4, 0.5) is 0 Å². The number of imidazole rings is 1. The number of benzene rings is 2. The lowest BCUT2D eigenvalue weighted by Crippen LogP contribution is -2.00. The first-order valence-corrected chi connectivity index (χ1v) is 11.0. The summed E-state index contributed by atoms with van der Waals surface area (Å²) in [5.41, 5.74) is 3.43. The van der Waals surface area contributed by atoms with Gasteiger partial charge in [-0.2, -0.15) is 0 Å². The number of hydrogen-bond donors (Lipinski definition) is 0. The fourth-order valence-corrected chi connectivity index (χ4v) is 3.73. The number of hydrogen-bond acceptors (Lipinski definition) is 1. The third kappa shape index (κ3) is 5.97. The summed E-state index contributed by atoms with van der Waals surface area (Å²) in [6.45, 7) is 3.30. The molecule has 0 N–H and O–H groups in total. The Hall–Kier alpha value is -2.06. The van der Waals surface area contributed by atoms with Crippen LogP contribution in [0.25, 0.3) is 23.2 Å². The maximum absolute atomic E-state index is 5.99. The van der Waals surface area contributed by atoms with Crippen molar-refractivity contribution in [3.8, 4) is 0 Å². The van der Waals surface area contributed by atoms with Gasteiger partial charge in [0.1, 0.15) is 5.82 Å². The molecule has 0 saturated heterocycles. The number of fused-ring (bicyclic) bond motifs is 1. The van der Waals surface area contributed by atoms with Crippen LogP contribution in [0.5, 0.6) is 0 Å². The largest absolute Gasteiger partial charge is 0.324 e. The summed E-state index contributed by atoms with van der Waals surface area (Å²) in [6, 6.07) is 16.3. The summed E-state index contributed by atoms with van der Waals surface area (Å²) >= 11 is 5.99. The molecule has 0 aliphatic heterocycles. The second-order valence-corrected chi connectivity index (χ2v) is 7.91. The van der Waals surface area contributed by atoms with Crippen LogP contribution < -0.4 is 0 Å². The molecule has 0 spiro atoms. The number of aromatic nitrogens is 2. The molecular formula is C25H31ClN2. The highest BCUT2D eigenvalue weighted by molar-refractivity contribution is 6.30. The lowest BCUT2D eigenvalue weighted by atomic mass is 10.1. The Morgan fingerprint density at radius 2 is 1.50 bits per heavy atom. The van der Waals surface area contributed by atoms with Crippen molar-refractivity contribution in [1.29, 1.82) is 0 Å². The normalized spacial score (nSPS) is 11.6. The highest BCUT2D eigenvalue weighted by atomic mass is 35.5. The van der Waals surface area contributed by atoms with Crippen LogP contribution in [0.15, 0.2) is 48.5 Å². The quantitative estimate of drug-likeness (QED) is 0.301. The van der Waals surface area contributed by atoms with Gasteiger partial charge in [0.15, 0.2) is 0 Å². The van der Waals surface area contributed by atoms with E-state index in [1.807, 2.05) is 24.3 Å². The number of halogens is 1. The number of nitrogens with zero attached hydrogens (tertiary/aromatic N) is 2. The van der Waals surface area contributed by atoms with E-state index in [9.17, 15) is 0 Å². The van der Waals surface area contributed by atoms with Gasteiger partial charge in [-0.3, -0.25) is 0 Å². The van der Waals surface area contributed by atoms with Gasteiger partial charge in [-0.25, -0.2) is 4.98 Å². The van der Waals surface area contributed by atoms with Gasteiger partial charge in [0.05, 0.1) is 11.0 Å². The molecule has 2 aromatic carbocycles. The number of unbranched alkanes of at least 4 members (excludes halogenated alkanes) is 7. The van der Waals surface area contributed by atoms with Gasteiger partial charge in [0.2, 0.25) is 0 Å². The van der Waals surface area contributed by atoms with Crippen molar-refractivity contribution in [3.63, 3.8) is 0 Å². The lowest BCUT2D eigenvalue weighted by Gasteiger charge is -2.07. The molecule has 1 aromatic heterocycles. The zero-order valence-corrected chi connectivity index (χ0v) is 17.7. The van der Waals surface area contributed by atoms with Gasteiger partial charge in [-0.1, -0.05) is 93.8 Å². The molecule has 3 heteroatoms. The number of rotatable bonds is 11. The molecule has 3 rings (SSSR count). The fourth-order valence-electron chi connectivity index (χ4n) is 3.60. The van der Waals surface area contributed by atoms with Crippen molar-refractivity contribution in [2.24, 2.45) is 0 Å². The van der Waals surface area contributed by atoms with Gasteiger partial charge in [0, 0.05) is 11.6 Å². The van der Waals surface area contributed by atoms with E-state index in [-0.39, 0.29) is 0 Å². The smallest absolute Gasteiger partial charge is 0.133 e. The van der Waals surface area contributed by atoms with Crippen LogP contribution >= 0.6 is 11.6 Å². The highest BCUT2D eigenvalue weighted by Crippen LogP contribution is 2.20. The minimum absolute atomic E-state index is 0.763. The Balaban J connectivity index is 1.63. The molecule has 148 valence electrons. The van der Waals surface area contributed by atoms with E-state index in [1.165, 1.54) is 56.9 Å². The third-order valence-corrected chi connectivity index (χ3v) is 5.47. The van der Waals surface area contributed by atoms with E-state index in [1.54, 1.807) is 0 Å². The standard InChI is InChI=1S/C25H31ClN2/c1-2-3-4-5-6-7-8-11-20-28-24-13-10-9-12-23(24)27-25(28)19-16-21-14-17-22(26)18-15-21/h9-10,12-19H,2-8,11,20H2,1H3/b19-16+. The second kappa shape index (κ2) is 11.1. The zero-order chi connectivity index (χ0) is 19.6. The molecule has 0 fully saturated rings. The second-order valence-electron chi connectivity index (χ2n) is 7.47. The van der Waals surface area contributed by atoms with Crippen LogP contribution in [0.3, 0.4) is 0 Å². The zero-order valence-electron chi connectivity index (χ0n) is 16.9. The maximum atomic E-state index is 5.99. The average Bonchev–Trinajstić information content (AvgIpc) is 3.07. The number of para-hydroxylation sites is 2. The topological polar surface area (TPSA) is 17.8 Å². The fraction of sp³-hybridized carbons (Fsp3) is 0.400. The predicted octanol–water partition coefficient (Wildman–Crippen LogP) is 8.00.